The predicted molar refractivity (Wildman–Crippen MR) is 184 cm³/mol. The number of para-hydroxylation sites is 1. The van der Waals surface area contributed by atoms with Crippen LogP contribution in [0.2, 0.25) is 5.04 Å². The Balaban J connectivity index is 1.37. The van der Waals surface area contributed by atoms with Gasteiger partial charge in [-0.1, -0.05) is 111 Å². The molecule has 0 saturated carbocycles. The van der Waals surface area contributed by atoms with Crippen molar-refractivity contribution < 1.29 is 23.9 Å². The number of rotatable bonds is 9. The van der Waals surface area contributed by atoms with Crippen LogP contribution in [0.15, 0.2) is 102 Å². The maximum absolute atomic E-state index is 13.4. The van der Waals surface area contributed by atoms with Crippen molar-refractivity contribution in [1.82, 2.24) is 4.90 Å². The highest BCUT2D eigenvalue weighted by molar-refractivity contribution is 6.99. The lowest BCUT2D eigenvalue weighted by atomic mass is 9.69. The first-order valence-corrected chi connectivity index (χ1v) is 18.3. The zero-order valence-corrected chi connectivity index (χ0v) is 28.5. The molecule has 0 spiro atoms. The number of benzene rings is 3. The molecule has 2 heterocycles. The largest absolute Gasteiger partial charge is 0.507 e. The van der Waals surface area contributed by atoms with E-state index in [2.05, 4.69) is 76.2 Å². The zero-order chi connectivity index (χ0) is 32.6. The SMILES string of the molecule is C/C(=C\c1ccccc1O)CC[C@H]1OC[C@H]2C1=C(CO[Si](c1ccccc1)(c1ccccc1)C(C)(C)C)C[C@H]1C(=O)N(C)C(=O)[C@H]12. The van der Waals surface area contributed by atoms with E-state index in [0.717, 1.165) is 35.1 Å². The number of likely N-dealkylation sites (tertiary alicyclic amines) is 1. The Labute approximate surface area is 273 Å². The Morgan fingerprint density at radius 3 is 2.15 bits per heavy atom. The number of phenolic OH excluding ortho intramolecular Hbond substituents is 1. The fourth-order valence-electron chi connectivity index (χ4n) is 8.03. The van der Waals surface area contributed by atoms with E-state index in [1.165, 1.54) is 15.3 Å². The van der Waals surface area contributed by atoms with E-state index in [9.17, 15) is 14.7 Å². The molecule has 6 rings (SSSR count). The molecule has 240 valence electrons. The van der Waals surface area contributed by atoms with Crippen molar-refractivity contribution in [2.75, 3.05) is 20.3 Å². The van der Waals surface area contributed by atoms with Gasteiger partial charge in [-0.3, -0.25) is 14.5 Å². The van der Waals surface area contributed by atoms with E-state index in [4.69, 9.17) is 9.16 Å². The maximum Gasteiger partial charge on any atom is 0.261 e. The van der Waals surface area contributed by atoms with Gasteiger partial charge in [-0.25, -0.2) is 0 Å². The van der Waals surface area contributed by atoms with Crippen molar-refractivity contribution in [2.45, 2.75) is 58.1 Å². The number of carbonyl (C=O) groups is 2. The van der Waals surface area contributed by atoms with Gasteiger partial charge >= 0.3 is 0 Å². The number of aromatic hydroxyl groups is 1. The molecule has 1 N–H and O–H groups in total. The van der Waals surface area contributed by atoms with Crippen LogP contribution in [0.1, 0.15) is 52.5 Å². The van der Waals surface area contributed by atoms with E-state index < -0.39 is 8.32 Å². The highest BCUT2D eigenvalue weighted by atomic mass is 28.4. The molecule has 2 saturated heterocycles. The van der Waals surface area contributed by atoms with E-state index in [-0.39, 0.29) is 46.5 Å². The first-order chi connectivity index (χ1) is 22.0. The molecule has 1 aliphatic carbocycles. The topological polar surface area (TPSA) is 76.1 Å². The minimum atomic E-state index is -2.83. The second kappa shape index (κ2) is 12.8. The van der Waals surface area contributed by atoms with Gasteiger partial charge in [0.2, 0.25) is 11.8 Å². The number of amides is 2. The highest BCUT2D eigenvalue weighted by Gasteiger charge is 2.57. The van der Waals surface area contributed by atoms with Gasteiger partial charge in [-0.15, -0.1) is 0 Å². The van der Waals surface area contributed by atoms with Crippen molar-refractivity contribution in [3.63, 3.8) is 0 Å². The van der Waals surface area contributed by atoms with Crippen LogP contribution in [0.25, 0.3) is 6.08 Å². The van der Waals surface area contributed by atoms with Gasteiger partial charge in [0.25, 0.3) is 8.32 Å². The molecule has 0 unspecified atom stereocenters. The summed E-state index contributed by atoms with van der Waals surface area (Å²) in [7, 11) is -1.22. The summed E-state index contributed by atoms with van der Waals surface area (Å²) < 4.78 is 13.9. The van der Waals surface area contributed by atoms with Crippen molar-refractivity contribution in [3.05, 3.63) is 107 Å². The predicted octanol–water partition coefficient (Wildman–Crippen LogP) is 6.10. The number of carbonyl (C=O) groups excluding carboxylic acids is 2. The molecule has 2 amide bonds. The fourth-order valence-corrected chi connectivity index (χ4v) is 12.6. The van der Waals surface area contributed by atoms with Gasteiger partial charge in [-0.05, 0) is 58.8 Å². The molecule has 46 heavy (non-hydrogen) atoms. The Morgan fingerprint density at radius 2 is 1.54 bits per heavy atom. The van der Waals surface area contributed by atoms with E-state index >= 15 is 0 Å². The molecule has 7 heteroatoms. The van der Waals surface area contributed by atoms with E-state index in [1.54, 1.807) is 13.1 Å². The summed E-state index contributed by atoms with van der Waals surface area (Å²) >= 11 is 0. The Morgan fingerprint density at radius 1 is 0.935 bits per heavy atom. The standard InChI is InChI=1S/C39H45NO5Si/c1-26(22-27-14-12-13-19-33(27)41)20-21-34-35-28(23-31-36(32(35)25-44-34)38(43)40(5)37(31)42)24-45-46(39(2,3)4,29-15-8-6-9-16-29)30-17-10-7-11-18-30/h6-19,22,31-32,34,36,41H,20-21,23-25H2,1-5H3/b26-22+/t31-,32+,34-,36-/m1/s1. The molecule has 0 radical (unpaired) electrons. The van der Waals surface area contributed by atoms with Crippen LogP contribution in [0.5, 0.6) is 5.75 Å². The zero-order valence-electron chi connectivity index (χ0n) is 27.5. The Hall–Kier alpha value is -3.78. The first-order valence-electron chi connectivity index (χ1n) is 16.4. The second-order valence-electron chi connectivity index (χ2n) is 14.1. The van der Waals surface area contributed by atoms with Gasteiger partial charge < -0.3 is 14.3 Å². The third-order valence-corrected chi connectivity index (χ3v) is 15.2. The molecule has 2 aliphatic heterocycles. The molecular weight excluding hydrogens is 591 g/mol. The number of nitrogens with zero attached hydrogens (tertiary/aromatic N) is 1. The van der Waals surface area contributed by atoms with Gasteiger partial charge in [-0.2, -0.15) is 0 Å². The van der Waals surface area contributed by atoms with Crippen LogP contribution in [0, 0.1) is 17.8 Å². The number of hydrogen-bond donors (Lipinski definition) is 1. The summed E-state index contributed by atoms with van der Waals surface area (Å²) in [5, 5.41) is 12.5. The molecular formula is C39H45NO5Si. The molecule has 3 aromatic rings. The number of allylic oxidation sites excluding steroid dienone is 1. The molecule has 0 aromatic heterocycles. The van der Waals surface area contributed by atoms with Gasteiger partial charge in [0.1, 0.15) is 5.75 Å². The van der Waals surface area contributed by atoms with Crippen molar-refractivity contribution in [3.8, 4) is 5.75 Å². The minimum Gasteiger partial charge on any atom is -0.507 e. The van der Waals surface area contributed by atoms with Crippen molar-refractivity contribution in [2.24, 2.45) is 17.8 Å². The number of ether oxygens (including phenoxy) is 1. The molecule has 4 atom stereocenters. The summed E-state index contributed by atoms with van der Waals surface area (Å²) in [4.78, 5) is 28.1. The summed E-state index contributed by atoms with van der Waals surface area (Å²) in [6.07, 6.45) is 3.90. The smallest absolute Gasteiger partial charge is 0.261 e. The second-order valence-corrected chi connectivity index (χ2v) is 18.4. The van der Waals surface area contributed by atoms with Gasteiger partial charge in [0, 0.05) is 18.5 Å². The molecule has 0 bridgehead atoms. The van der Waals surface area contributed by atoms with Crippen LogP contribution in [-0.2, 0) is 18.8 Å². The lowest BCUT2D eigenvalue weighted by Gasteiger charge is -2.44. The quantitative estimate of drug-likeness (QED) is 0.175. The summed E-state index contributed by atoms with van der Waals surface area (Å²) in [5.41, 5.74) is 4.20. The molecule has 3 aromatic carbocycles. The lowest BCUT2D eigenvalue weighted by Crippen LogP contribution is -2.66. The van der Waals surface area contributed by atoms with Crippen LogP contribution >= 0.6 is 0 Å². The molecule has 6 nitrogen and oxygen atoms in total. The van der Waals surface area contributed by atoms with Crippen LogP contribution in [0.3, 0.4) is 0 Å². The number of phenols is 1. The lowest BCUT2D eigenvalue weighted by molar-refractivity contribution is -0.138. The Bertz CT molecular complexity index is 1620. The number of imide groups is 1. The van der Waals surface area contributed by atoms with Crippen molar-refractivity contribution in [1.29, 1.82) is 0 Å². The number of hydrogen-bond acceptors (Lipinski definition) is 5. The summed E-state index contributed by atoms with van der Waals surface area (Å²) in [6, 6.07) is 28.5. The summed E-state index contributed by atoms with van der Waals surface area (Å²) in [5.74, 6) is -0.825. The third kappa shape index (κ3) is 5.69. The average molecular weight is 636 g/mol. The van der Waals surface area contributed by atoms with Crippen LogP contribution < -0.4 is 10.4 Å². The summed E-state index contributed by atoms with van der Waals surface area (Å²) in [6.45, 7) is 9.70. The van der Waals surface area contributed by atoms with E-state index in [1.807, 2.05) is 36.4 Å². The molecule has 3 aliphatic rings. The monoisotopic (exact) mass is 635 g/mol. The normalized spacial score (nSPS) is 23.6. The third-order valence-electron chi connectivity index (χ3n) is 10.2. The highest BCUT2D eigenvalue weighted by Crippen LogP contribution is 2.50. The fraction of sp³-hybridized carbons (Fsp3) is 0.385. The minimum absolute atomic E-state index is 0.0932. The van der Waals surface area contributed by atoms with Crippen molar-refractivity contribution >= 4 is 36.6 Å². The van der Waals surface area contributed by atoms with Gasteiger partial charge in [0.05, 0.1) is 31.2 Å². The van der Waals surface area contributed by atoms with E-state index in [0.29, 0.717) is 19.6 Å². The first kappa shape index (κ1) is 32.2. The Kier molecular flexibility index (Phi) is 8.94. The molecule has 2 fully saturated rings. The average Bonchev–Trinajstić information content (AvgIpc) is 3.56. The number of fused-ring (bicyclic) bond motifs is 3. The van der Waals surface area contributed by atoms with Crippen LogP contribution in [0.4, 0.5) is 0 Å². The maximum atomic E-state index is 13.4. The van der Waals surface area contributed by atoms with Gasteiger partial charge in [0.15, 0.2) is 0 Å². The van der Waals surface area contributed by atoms with Crippen LogP contribution in [-0.4, -0.2) is 56.5 Å².